The van der Waals surface area contributed by atoms with Crippen molar-refractivity contribution in [3.05, 3.63) is 58.0 Å². The zero-order valence-electron chi connectivity index (χ0n) is 13.3. The third-order valence-corrected chi connectivity index (χ3v) is 3.73. The van der Waals surface area contributed by atoms with Gasteiger partial charge in [-0.1, -0.05) is 23.7 Å². The first kappa shape index (κ1) is 16.1. The van der Waals surface area contributed by atoms with E-state index in [2.05, 4.69) is 15.1 Å². The number of nitrogen functional groups attached to an aromatic ring is 1. The van der Waals surface area contributed by atoms with Crippen molar-refractivity contribution in [2.75, 3.05) is 5.73 Å². The van der Waals surface area contributed by atoms with Crippen molar-refractivity contribution in [2.45, 2.75) is 19.9 Å². The maximum Gasteiger partial charge on any atom is 0.267 e. The summed E-state index contributed by atoms with van der Waals surface area (Å²) in [5.74, 6) is 0.158. The van der Waals surface area contributed by atoms with Crippen molar-refractivity contribution in [2.24, 2.45) is 0 Å². The van der Waals surface area contributed by atoms with Crippen LogP contribution in [0.15, 0.2) is 47.4 Å². The molecule has 0 bridgehead atoms. The van der Waals surface area contributed by atoms with Crippen LogP contribution in [0, 0.1) is 0 Å². The predicted molar refractivity (Wildman–Crippen MR) is 94.8 cm³/mol. The molecule has 3 rings (SSSR count). The molecule has 0 saturated heterocycles. The van der Waals surface area contributed by atoms with Gasteiger partial charge in [0.1, 0.15) is 0 Å². The number of nitrogens with zero attached hydrogens (tertiary/aromatic N) is 4. The summed E-state index contributed by atoms with van der Waals surface area (Å²) < 4.78 is 1.42. The van der Waals surface area contributed by atoms with E-state index in [1.54, 1.807) is 24.4 Å². The van der Waals surface area contributed by atoms with Crippen LogP contribution in [0.1, 0.15) is 19.9 Å². The van der Waals surface area contributed by atoms with Crippen molar-refractivity contribution in [1.82, 2.24) is 19.7 Å². The number of anilines is 1. The Bertz CT molecular complexity index is 952. The van der Waals surface area contributed by atoms with Gasteiger partial charge >= 0.3 is 0 Å². The monoisotopic (exact) mass is 341 g/mol. The van der Waals surface area contributed by atoms with Gasteiger partial charge in [-0.25, -0.2) is 14.6 Å². The molecule has 3 aromatic rings. The molecule has 0 aliphatic rings. The minimum Gasteiger partial charge on any atom is -0.368 e. The van der Waals surface area contributed by atoms with Crippen LogP contribution < -0.4 is 11.3 Å². The summed E-state index contributed by atoms with van der Waals surface area (Å²) in [7, 11) is 0. The van der Waals surface area contributed by atoms with Crippen molar-refractivity contribution < 1.29 is 0 Å². The molecule has 1 aromatic carbocycles. The Hall–Kier alpha value is -2.73. The Kier molecular flexibility index (Phi) is 4.31. The summed E-state index contributed by atoms with van der Waals surface area (Å²) in [5.41, 5.74) is 8.29. The molecule has 0 fully saturated rings. The van der Waals surface area contributed by atoms with E-state index in [4.69, 9.17) is 17.3 Å². The first-order valence-corrected chi connectivity index (χ1v) is 7.82. The molecule has 0 unspecified atom stereocenters. The average molecular weight is 342 g/mol. The average Bonchev–Trinajstić information content (AvgIpc) is 2.55. The van der Waals surface area contributed by atoms with E-state index in [-0.39, 0.29) is 17.5 Å². The Morgan fingerprint density at radius 3 is 2.71 bits per heavy atom. The fourth-order valence-corrected chi connectivity index (χ4v) is 2.57. The summed E-state index contributed by atoms with van der Waals surface area (Å²) in [6.45, 7) is 3.80. The summed E-state index contributed by atoms with van der Waals surface area (Å²) in [4.78, 5) is 20.3. The second-order valence-corrected chi connectivity index (χ2v) is 6.03. The largest absolute Gasteiger partial charge is 0.368 e. The third-order valence-electron chi connectivity index (χ3n) is 3.50. The molecule has 0 aliphatic carbocycles. The van der Waals surface area contributed by atoms with E-state index in [1.165, 1.54) is 10.7 Å². The number of halogens is 1. The molecule has 0 spiro atoms. The fourth-order valence-electron chi connectivity index (χ4n) is 2.38. The van der Waals surface area contributed by atoms with E-state index in [1.807, 2.05) is 26.0 Å². The standard InChI is InChI=1S/C17H16ClN5O/c1-10(2)23-15(24)7-6-14(22-23)13-9-20-17(19)21-16(13)11-4-3-5-12(18)8-11/h3-10H,1-2H3,(H2,19,20,21). The Morgan fingerprint density at radius 2 is 2.00 bits per heavy atom. The van der Waals surface area contributed by atoms with E-state index in [0.717, 1.165) is 5.56 Å². The fraction of sp³-hybridized carbons (Fsp3) is 0.176. The number of rotatable bonds is 3. The van der Waals surface area contributed by atoms with Crippen LogP contribution in [0.4, 0.5) is 5.95 Å². The van der Waals surface area contributed by atoms with Gasteiger partial charge in [-0.3, -0.25) is 4.79 Å². The molecule has 6 nitrogen and oxygen atoms in total. The number of hydrogen-bond donors (Lipinski definition) is 1. The second kappa shape index (κ2) is 6.41. The molecule has 2 heterocycles. The lowest BCUT2D eigenvalue weighted by Gasteiger charge is -2.12. The Morgan fingerprint density at radius 1 is 1.21 bits per heavy atom. The Balaban J connectivity index is 2.23. The molecule has 0 saturated carbocycles. The molecule has 2 aromatic heterocycles. The molecule has 2 N–H and O–H groups in total. The molecule has 0 radical (unpaired) electrons. The van der Waals surface area contributed by atoms with Gasteiger partial charge in [0.15, 0.2) is 0 Å². The summed E-state index contributed by atoms with van der Waals surface area (Å²) >= 11 is 6.08. The topological polar surface area (TPSA) is 86.7 Å². The molecule has 0 amide bonds. The highest BCUT2D eigenvalue weighted by Gasteiger charge is 2.14. The zero-order valence-corrected chi connectivity index (χ0v) is 14.0. The molecule has 0 atom stereocenters. The zero-order chi connectivity index (χ0) is 17.3. The minimum absolute atomic E-state index is 0.0539. The van der Waals surface area contributed by atoms with Crippen LogP contribution >= 0.6 is 11.6 Å². The van der Waals surface area contributed by atoms with Gasteiger partial charge in [-0.15, -0.1) is 0 Å². The van der Waals surface area contributed by atoms with Crippen molar-refractivity contribution in [3.63, 3.8) is 0 Å². The summed E-state index contributed by atoms with van der Waals surface area (Å²) in [5, 5.41) is 5.02. The minimum atomic E-state index is -0.158. The molecule has 24 heavy (non-hydrogen) atoms. The van der Waals surface area contributed by atoms with E-state index < -0.39 is 0 Å². The lowest BCUT2D eigenvalue weighted by atomic mass is 10.0. The molecule has 7 heteroatoms. The Labute approximate surface area is 144 Å². The van der Waals surface area contributed by atoms with Crippen molar-refractivity contribution in [1.29, 1.82) is 0 Å². The van der Waals surface area contributed by atoms with Crippen LogP contribution in [-0.4, -0.2) is 19.7 Å². The lowest BCUT2D eigenvalue weighted by molar-refractivity contribution is 0.505. The van der Waals surface area contributed by atoms with Gasteiger partial charge < -0.3 is 5.73 Å². The maximum atomic E-state index is 11.9. The number of benzene rings is 1. The number of aromatic nitrogens is 4. The van der Waals surface area contributed by atoms with Crippen LogP contribution in [-0.2, 0) is 0 Å². The highest BCUT2D eigenvalue weighted by atomic mass is 35.5. The highest BCUT2D eigenvalue weighted by Crippen LogP contribution is 2.30. The van der Waals surface area contributed by atoms with Gasteiger partial charge in [0, 0.05) is 28.4 Å². The molecule has 122 valence electrons. The van der Waals surface area contributed by atoms with Crippen LogP contribution in [0.25, 0.3) is 22.5 Å². The first-order chi connectivity index (χ1) is 11.5. The maximum absolute atomic E-state index is 11.9. The van der Waals surface area contributed by atoms with Crippen LogP contribution in [0.2, 0.25) is 5.02 Å². The summed E-state index contributed by atoms with van der Waals surface area (Å²) in [6, 6.07) is 10.4. The first-order valence-electron chi connectivity index (χ1n) is 7.44. The normalized spacial score (nSPS) is 11.0. The van der Waals surface area contributed by atoms with Gasteiger partial charge in [0.05, 0.1) is 17.4 Å². The smallest absolute Gasteiger partial charge is 0.267 e. The third kappa shape index (κ3) is 3.14. The second-order valence-electron chi connectivity index (χ2n) is 5.60. The lowest BCUT2D eigenvalue weighted by Crippen LogP contribution is -2.24. The SMILES string of the molecule is CC(C)n1nc(-c2cnc(N)nc2-c2cccc(Cl)c2)ccc1=O. The number of hydrogen-bond acceptors (Lipinski definition) is 5. The van der Waals surface area contributed by atoms with Crippen LogP contribution in [0.5, 0.6) is 0 Å². The number of nitrogens with two attached hydrogens (primary N) is 1. The van der Waals surface area contributed by atoms with Gasteiger partial charge in [-0.05, 0) is 32.0 Å². The van der Waals surface area contributed by atoms with Crippen molar-refractivity contribution >= 4 is 17.5 Å². The van der Waals surface area contributed by atoms with E-state index in [9.17, 15) is 4.79 Å². The molecular weight excluding hydrogens is 326 g/mol. The van der Waals surface area contributed by atoms with Gasteiger partial charge in [-0.2, -0.15) is 5.10 Å². The van der Waals surface area contributed by atoms with E-state index in [0.29, 0.717) is 22.0 Å². The summed E-state index contributed by atoms with van der Waals surface area (Å²) in [6.07, 6.45) is 1.61. The molecular formula is C17H16ClN5O. The molecule has 0 aliphatic heterocycles. The van der Waals surface area contributed by atoms with Crippen molar-refractivity contribution in [3.8, 4) is 22.5 Å². The van der Waals surface area contributed by atoms with E-state index >= 15 is 0 Å². The van der Waals surface area contributed by atoms with Gasteiger partial charge in [0.25, 0.3) is 5.56 Å². The highest BCUT2D eigenvalue weighted by molar-refractivity contribution is 6.30. The predicted octanol–water partition coefficient (Wildman–Crippen LogP) is 3.18. The van der Waals surface area contributed by atoms with Gasteiger partial charge in [0.2, 0.25) is 5.95 Å². The van der Waals surface area contributed by atoms with Crippen LogP contribution in [0.3, 0.4) is 0 Å². The quantitative estimate of drug-likeness (QED) is 0.790.